The van der Waals surface area contributed by atoms with Crippen molar-refractivity contribution in [1.29, 1.82) is 0 Å². The van der Waals surface area contributed by atoms with Crippen LogP contribution in [0.15, 0.2) is 109 Å². The largest absolute Gasteiger partial charge is 0.545 e. The van der Waals surface area contributed by atoms with E-state index in [0.717, 1.165) is 0 Å². The van der Waals surface area contributed by atoms with E-state index in [2.05, 4.69) is 0 Å². The fourth-order valence-corrected chi connectivity index (χ4v) is 4.22. The molecule has 0 aliphatic rings. The summed E-state index contributed by atoms with van der Waals surface area (Å²) < 4.78 is 0. The van der Waals surface area contributed by atoms with Gasteiger partial charge >= 0.3 is 0 Å². The topological polar surface area (TPSA) is 121 Å². The number of carbonyl (C=O) groups excluding carboxylic acids is 2. The van der Waals surface area contributed by atoms with Gasteiger partial charge in [-0.05, 0) is 33.4 Å². The number of carbonyl (C=O) groups is 2. The molecule has 0 amide bonds. The van der Waals surface area contributed by atoms with Crippen LogP contribution >= 0.6 is 0 Å². The monoisotopic (exact) mass is 452 g/mol. The summed E-state index contributed by atoms with van der Waals surface area (Å²) in [5.74, 6) is -2.74. The average Bonchev–Trinajstić information content (AvgIpc) is 2.88. The van der Waals surface area contributed by atoms with Crippen LogP contribution in [0.25, 0.3) is 0 Å². The highest BCUT2D eigenvalue weighted by molar-refractivity contribution is 5.86. The Balaban J connectivity index is 2.05. The lowest BCUT2D eigenvalue weighted by atomic mass is 9.66. The summed E-state index contributed by atoms with van der Waals surface area (Å²) in [6.07, 6.45) is 0. The van der Waals surface area contributed by atoms with Crippen LogP contribution in [0.1, 0.15) is 43.0 Å². The molecule has 0 unspecified atom stereocenters. The van der Waals surface area contributed by atoms with E-state index in [9.17, 15) is 30.0 Å². The zero-order valence-corrected chi connectivity index (χ0v) is 17.9. The molecule has 0 radical (unpaired) electrons. The third-order valence-corrected chi connectivity index (χ3v) is 5.98. The second-order valence-electron chi connectivity index (χ2n) is 7.88. The molecule has 0 heterocycles. The predicted molar refractivity (Wildman–Crippen MR) is 120 cm³/mol. The minimum atomic E-state index is -2.11. The van der Waals surface area contributed by atoms with Crippen LogP contribution in [-0.4, -0.2) is 22.2 Å². The van der Waals surface area contributed by atoms with Crippen LogP contribution < -0.4 is 10.2 Å². The number of aliphatic hydroxyl groups is 2. The smallest absolute Gasteiger partial charge is 0.152 e. The van der Waals surface area contributed by atoms with Gasteiger partial charge in [0, 0.05) is 0 Å². The summed E-state index contributed by atoms with van der Waals surface area (Å²) in [4.78, 5) is 22.6. The van der Waals surface area contributed by atoms with Crippen LogP contribution in [0.5, 0.6) is 0 Å². The molecule has 0 aliphatic carbocycles. The average molecular weight is 452 g/mol. The van der Waals surface area contributed by atoms with Gasteiger partial charge in [0.1, 0.15) is 0 Å². The van der Waals surface area contributed by atoms with E-state index in [0.29, 0.717) is 11.1 Å². The Morgan fingerprint density at radius 3 is 1.00 bits per heavy atom. The van der Waals surface area contributed by atoms with E-state index in [1.54, 1.807) is 60.7 Å². The highest BCUT2D eigenvalue weighted by Crippen LogP contribution is 2.49. The van der Waals surface area contributed by atoms with E-state index in [1.807, 2.05) is 0 Å². The van der Waals surface area contributed by atoms with Crippen molar-refractivity contribution >= 4 is 11.9 Å². The summed E-state index contributed by atoms with van der Waals surface area (Å²) in [7, 11) is 0. The van der Waals surface area contributed by atoms with Crippen LogP contribution in [0.2, 0.25) is 0 Å². The van der Waals surface area contributed by atoms with Crippen molar-refractivity contribution < 1.29 is 30.0 Å². The van der Waals surface area contributed by atoms with Gasteiger partial charge < -0.3 is 30.0 Å². The van der Waals surface area contributed by atoms with Gasteiger partial charge in [0.2, 0.25) is 0 Å². The fraction of sp³-hybridized carbons (Fsp3) is 0.0714. The molecule has 4 aromatic carbocycles. The van der Waals surface area contributed by atoms with Crippen LogP contribution in [0.3, 0.4) is 0 Å². The number of carboxylic acid groups (broad SMARTS) is 2. The van der Waals surface area contributed by atoms with Crippen molar-refractivity contribution in [3.05, 3.63) is 143 Å². The summed E-state index contributed by atoms with van der Waals surface area (Å²) in [6.45, 7) is 0. The zero-order valence-electron chi connectivity index (χ0n) is 17.9. The molecule has 4 aromatic rings. The first-order valence-corrected chi connectivity index (χ1v) is 10.5. The third kappa shape index (κ3) is 3.75. The van der Waals surface area contributed by atoms with Gasteiger partial charge in [0.15, 0.2) is 11.2 Å². The normalized spacial score (nSPS) is 14.5. The second-order valence-corrected chi connectivity index (χ2v) is 7.88. The molecular formula is C28H20O6-2. The molecule has 0 bridgehead atoms. The number of aromatic carboxylic acids is 2. The molecule has 34 heavy (non-hydrogen) atoms. The lowest BCUT2D eigenvalue weighted by Gasteiger charge is -2.45. The van der Waals surface area contributed by atoms with Crippen molar-refractivity contribution in [2.75, 3.05) is 0 Å². The molecule has 0 aromatic heterocycles. The lowest BCUT2D eigenvalue weighted by Crippen LogP contribution is -2.51. The Kier molecular flexibility index (Phi) is 6.03. The summed E-state index contributed by atoms with van der Waals surface area (Å²) in [6, 6.07) is 27.8. The van der Waals surface area contributed by atoms with Crippen molar-refractivity contribution in [3.8, 4) is 0 Å². The van der Waals surface area contributed by atoms with Crippen molar-refractivity contribution in [1.82, 2.24) is 0 Å². The maximum atomic E-state index is 12.4. The van der Waals surface area contributed by atoms with E-state index < -0.39 is 23.1 Å². The Bertz CT molecular complexity index is 1200. The Morgan fingerprint density at radius 2 is 0.735 bits per heavy atom. The second kappa shape index (κ2) is 8.94. The van der Waals surface area contributed by atoms with Crippen molar-refractivity contribution in [2.24, 2.45) is 0 Å². The summed E-state index contributed by atoms with van der Waals surface area (Å²) in [5, 5.41) is 47.5. The number of carboxylic acids is 2. The van der Waals surface area contributed by atoms with Crippen LogP contribution in [-0.2, 0) is 11.2 Å². The number of hydrogen-bond donors (Lipinski definition) is 2. The van der Waals surface area contributed by atoms with Gasteiger partial charge in [0.05, 0.1) is 11.9 Å². The standard InChI is InChI=1S/C28H22O6/c29-25(30)19-11-15-23(16-12-19)27(33,21-7-3-1-4-8-21)28(34,22-9-5-2-6-10-22)24-17-13-20(14-18-24)26(31)32/h1-18,33-34H,(H,29,30)(H,31,32)/p-2/t27-,28-/m0/s1. The first-order valence-electron chi connectivity index (χ1n) is 10.5. The third-order valence-electron chi connectivity index (χ3n) is 5.98. The van der Waals surface area contributed by atoms with E-state index in [4.69, 9.17) is 0 Å². The minimum Gasteiger partial charge on any atom is -0.545 e. The Labute approximate surface area is 196 Å². The van der Waals surface area contributed by atoms with Crippen molar-refractivity contribution in [2.45, 2.75) is 11.2 Å². The number of benzene rings is 4. The maximum Gasteiger partial charge on any atom is 0.152 e. The highest BCUT2D eigenvalue weighted by atomic mass is 16.4. The number of hydrogen-bond acceptors (Lipinski definition) is 6. The quantitative estimate of drug-likeness (QED) is 0.439. The van der Waals surface area contributed by atoms with E-state index in [-0.39, 0.29) is 22.3 Å². The van der Waals surface area contributed by atoms with E-state index >= 15 is 0 Å². The van der Waals surface area contributed by atoms with Crippen LogP contribution in [0.4, 0.5) is 0 Å². The Morgan fingerprint density at radius 1 is 0.471 bits per heavy atom. The predicted octanol–water partition coefficient (Wildman–Crippen LogP) is 1.59. The molecule has 0 saturated heterocycles. The van der Waals surface area contributed by atoms with Gasteiger partial charge in [0.25, 0.3) is 0 Å². The molecule has 0 spiro atoms. The van der Waals surface area contributed by atoms with Crippen molar-refractivity contribution in [3.63, 3.8) is 0 Å². The van der Waals surface area contributed by atoms with Gasteiger partial charge in [-0.15, -0.1) is 0 Å². The summed E-state index contributed by atoms with van der Waals surface area (Å²) >= 11 is 0. The molecule has 2 atom stereocenters. The minimum absolute atomic E-state index is 0.0827. The maximum absolute atomic E-state index is 12.4. The number of rotatable bonds is 7. The molecule has 0 saturated carbocycles. The molecule has 0 aliphatic heterocycles. The van der Waals surface area contributed by atoms with Crippen LogP contribution in [0, 0.1) is 0 Å². The summed E-state index contributed by atoms with van der Waals surface area (Å²) in [5.41, 5.74) is -3.26. The van der Waals surface area contributed by atoms with Gasteiger partial charge in [-0.3, -0.25) is 0 Å². The molecule has 2 N–H and O–H groups in total. The SMILES string of the molecule is O=C([O-])c1ccc([C@@](O)(c2ccccc2)[C@](O)(c2ccccc2)c2ccc(C(=O)[O-])cc2)cc1. The fourth-order valence-electron chi connectivity index (χ4n) is 4.22. The van der Waals surface area contributed by atoms with Gasteiger partial charge in [-0.2, -0.15) is 0 Å². The zero-order chi connectivity index (χ0) is 24.3. The molecule has 0 fully saturated rings. The van der Waals surface area contributed by atoms with Gasteiger partial charge in [-0.1, -0.05) is 109 Å². The first kappa shape index (κ1) is 22.9. The highest BCUT2D eigenvalue weighted by Gasteiger charge is 2.54. The molecular weight excluding hydrogens is 432 g/mol. The van der Waals surface area contributed by atoms with Gasteiger partial charge in [-0.25, -0.2) is 0 Å². The molecule has 6 nitrogen and oxygen atoms in total. The lowest BCUT2D eigenvalue weighted by molar-refractivity contribution is -0.256. The molecule has 170 valence electrons. The van der Waals surface area contributed by atoms with E-state index in [1.165, 1.54) is 48.5 Å². The molecule has 4 rings (SSSR count). The molecule has 6 heteroatoms. The Hall–Kier alpha value is -4.26. The first-order chi connectivity index (χ1) is 16.3.